The van der Waals surface area contributed by atoms with Crippen molar-refractivity contribution < 1.29 is 26.7 Å². The Morgan fingerprint density at radius 1 is 1.13 bits per heavy atom. The second kappa shape index (κ2) is 9.52. The Balaban J connectivity index is 1.48. The number of halogens is 2. The first-order chi connectivity index (χ1) is 14.9. The molecule has 6 nitrogen and oxygen atoms in total. The molecule has 31 heavy (non-hydrogen) atoms. The average molecular weight is 457 g/mol. The molecule has 1 heterocycles. The molecule has 2 fully saturated rings. The van der Waals surface area contributed by atoms with Crippen LogP contribution in [0.1, 0.15) is 49.7 Å². The van der Waals surface area contributed by atoms with Gasteiger partial charge in [-0.15, -0.1) is 0 Å². The van der Waals surface area contributed by atoms with Crippen molar-refractivity contribution in [3.05, 3.63) is 34.2 Å². The smallest absolute Gasteiger partial charge is 0.387 e. The first kappa shape index (κ1) is 22.6. The van der Waals surface area contributed by atoms with E-state index in [0.29, 0.717) is 37.5 Å². The van der Waals surface area contributed by atoms with Gasteiger partial charge in [0.2, 0.25) is 10.0 Å². The zero-order chi connectivity index (χ0) is 21.9. The van der Waals surface area contributed by atoms with Gasteiger partial charge in [0, 0.05) is 25.2 Å². The first-order valence-electron chi connectivity index (χ1n) is 11.0. The average Bonchev–Trinajstić information content (AvgIpc) is 2.78. The number of ether oxygens (including phenoxy) is 2. The van der Waals surface area contributed by atoms with Gasteiger partial charge < -0.3 is 9.47 Å². The van der Waals surface area contributed by atoms with Crippen molar-refractivity contribution in [1.82, 2.24) is 9.62 Å². The molecule has 1 aromatic rings. The van der Waals surface area contributed by atoms with E-state index in [0.717, 1.165) is 49.9 Å². The minimum atomic E-state index is -3.63. The summed E-state index contributed by atoms with van der Waals surface area (Å²) in [5.41, 5.74) is 1.40. The summed E-state index contributed by atoms with van der Waals surface area (Å²) < 4.78 is 64.0. The Bertz CT molecular complexity index is 908. The van der Waals surface area contributed by atoms with Crippen LogP contribution in [0.25, 0.3) is 6.08 Å². The third-order valence-corrected chi connectivity index (χ3v) is 8.24. The number of nitrogens with one attached hydrogen (secondary N) is 1. The molecule has 3 aliphatic rings. The normalized spacial score (nSPS) is 22.1. The molecule has 0 bridgehead atoms. The summed E-state index contributed by atoms with van der Waals surface area (Å²) in [7, 11) is -3.63. The SMILES string of the molecule is O=S(=O)(NCC1(N2CCOCC2)CCCCC1)C1=Cc2ccc(OC(F)F)cc2CC1. The number of morpholine rings is 1. The van der Waals surface area contributed by atoms with Gasteiger partial charge in [-0.1, -0.05) is 25.3 Å². The number of allylic oxidation sites excluding steroid dienone is 1. The van der Waals surface area contributed by atoms with Crippen molar-refractivity contribution >= 4 is 16.1 Å². The fourth-order valence-electron chi connectivity index (χ4n) is 5.01. The van der Waals surface area contributed by atoms with E-state index in [1.165, 1.54) is 12.5 Å². The number of sulfonamides is 1. The molecule has 1 N–H and O–H groups in total. The second-order valence-corrected chi connectivity index (χ2v) is 10.4. The number of hydrogen-bond acceptors (Lipinski definition) is 5. The molecule has 0 amide bonds. The van der Waals surface area contributed by atoms with Crippen LogP contribution in [-0.4, -0.2) is 58.3 Å². The predicted octanol–water partition coefficient (Wildman–Crippen LogP) is 3.53. The van der Waals surface area contributed by atoms with Crippen LogP contribution in [0.5, 0.6) is 5.75 Å². The van der Waals surface area contributed by atoms with Gasteiger partial charge in [0.1, 0.15) is 5.75 Å². The van der Waals surface area contributed by atoms with E-state index >= 15 is 0 Å². The van der Waals surface area contributed by atoms with Crippen molar-refractivity contribution in [2.24, 2.45) is 0 Å². The molecule has 0 aromatic heterocycles. The highest BCUT2D eigenvalue weighted by molar-refractivity contribution is 7.93. The molecule has 1 aliphatic heterocycles. The first-order valence-corrected chi connectivity index (χ1v) is 12.5. The Kier molecular flexibility index (Phi) is 6.95. The molecule has 0 spiro atoms. The predicted molar refractivity (Wildman–Crippen MR) is 115 cm³/mol. The second-order valence-electron chi connectivity index (χ2n) is 8.56. The molecule has 0 unspecified atom stereocenters. The summed E-state index contributed by atoms with van der Waals surface area (Å²) in [4.78, 5) is 2.75. The molecule has 2 aliphatic carbocycles. The van der Waals surface area contributed by atoms with Crippen molar-refractivity contribution in [2.75, 3.05) is 32.8 Å². The zero-order valence-electron chi connectivity index (χ0n) is 17.6. The number of alkyl halides is 2. The van der Waals surface area contributed by atoms with E-state index in [1.807, 2.05) is 0 Å². The number of hydrogen-bond donors (Lipinski definition) is 1. The fourth-order valence-corrected chi connectivity index (χ4v) is 6.30. The molecule has 1 saturated carbocycles. The fraction of sp³-hybridized carbons (Fsp3) is 0.636. The van der Waals surface area contributed by atoms with Crippen molar-refractivity contribution in [1.29, 1.82) is 0 Å². The maximum atomic E-state index is 13.1. The lowest BCUT2D eigenvalue weighted by Gasteiger charge is -2.48. The molecule has 4 rings (SSSR count). The largest absolute Gasteiger partial charge is 0.435 e. The van der Waals surface area contributed by atoms with Gasteiger partial charge in [-0.05, 0) is 55.0 Å². The minimum absolute atomic E-state index is 0.0938. The topological polar surface area (TPSA) is 67.9 Å². The van der Waals surface area contributed by atoms with E-state index in [2.05, 4.69) is 14.4 Å². The summed E-state index contributed by atoms with van der Waals surface area (Å²) in [5.74, 6) is 0.0938. The lowest BCUT2D eigenvalue weighted by Crippen LogP contribution is -2.59. The Morgan fingerprint density at radius 2 is 1.87 bits per heavy atom. The molecular weight excluding hydrogens is 426 g/mol. The lowest BCUT2D eigenvalue weighted by atomic mass is 9.80. The standard InChI is InChI=1S/C22H30F2N2O4S/c23-21(24)30-19-6-4-18-15-20(7-5-17(18)14-19)31(27,28)25-16-22(8-2-1-3-9-22)26-10-12-29-13-11-26/h4,6,14-15,21,25H,1-3,5,7-13,16H2. The zero-order valence-corrected chi connectivity index (χ0v) is 18.4. The van der Waals surface area contributed by atoms with E-state index < -0.39 is 16.6 Å². The van der Waals surface area contributed by atoms with E-state index in [9.17, 15) is 17.2 Å². The van der Waals surface area contributed by atoms with Crippen LogP contribution in [0.3, 0.4) is 0 Å². The molecule has 1 aromatic carbocycles. The summed E-state index contributed by atoms with van der Waals surface area (Å²) in [6.45, 7) is 0.569. The van der Waals surface area contributed by atoms with E-state index in [-0.39, 0.29) is 11.3 Å². The molecular formula is C22H30F2N2O4S. The summed E-state index contributed by atoms with van der Waals surface area (Å²) in [6.07, 6.45) is 7.85. The van der Waals surface area contributed by atoms with Gasteiger partial charge in [-0.2, -0.15) is 8.78 Å². The van der Waals surface area contributed by atoms with Gasteiger partial charge in [-0.25, -0.2) is 13.1 Å². The molecule has 0 atom stereocenters. The van der Waals surface area contributed by atoms with Crippen LogP contribution >= 0.6 is 0 Å². The Morgan fingerprint density at radius 3 is 2.58 bits per heavy atom. The summed E-state index contributed by atoms with van der Waals surface area (Å²) >= 11 is 0. The molecule has 1 saturated heterocycles. The highest BCUT2D eigenvalue weighted by Gasteiger charge is 2.39. The van der Waals surface area contributed by atoms with Crippen LogP contribution in [-0.2, 0) is 21.2 Å². The number of fused-ring (bicyclic) bond motifs is 1. The monoisotopic (exact) mass is 456 g/mol. The van der Waals surface area contributed by atoms with Crippen LogP contribution in [0.4, 0.5) is 8.78 Å². The van der Waals surface area contributed by atoms with Gasteiger partial charge in [-0.3, -0.25) is 4.90 Å². The third-order valence-electron chi connectivity index (χ3n) is 6.70. The lowest BCUT2D eigenvalue weighted by molar-refractivity contribution is -0.0498. The van der Waals surface area contributed by atoms with Crippen molar-refractivity contribution in [2.45, 2.75) is 57.1 Å². The van der Waals surface area contributed by atoms with Crippen LogP contribution in [0, 0.1) is 0 Å². The van der Waals surface area contributed by atoms with Gasteiger partial charge >= 0.3 is 6.61 Å². The highest BCUT2D eigenvalue weighted by Crippen LogP contribution is 2.35. The number of nitrogens with zero attached hydrogens (tertiary/aromatic N) is 1. The van der Waals surface area contributed by atoms with E-state index in [1.54, 1.807) is 18.2 Å². The quantitative estimate of drug-likeness (QED) is 0.680. The van der Waals surface area contributed by atoms with Crippen molar-refractivity contribution in [3.8, 4) is 5.75 Å². The Labute approximate surface area is 182 Å². The highest BCUT2D eigenvalue weighted by atomic mass is 32.2. The maximum Gasteiger partial charge on any atom is 0.387 e. The van der Waals surface area contributed by atoms with Crippen LogP contribution < -0.4 is 9.46 Å². The van der Waals surface area contributed by atoms with Gasteiger partial charge in [0.05, 0.1) is 18.1 Å². The Hall–Kier alpha value is -1.55. The maximum absolute atomic E-state index is 13.1. The number of rotatable bonds is 7. The third kappa shape index (κ3) is 5.27. The number of aryl methyl sites for hydroxylation is 1. The number of benzene rings is 1. The van der Waals surface area contributed by atoms with E-state index in [4.69, 9.17) is 4.74 Å². The minimum Gasteiger partial charge on any atom is -0.435 e. The molecule has 9 heteroatoms. The van der Waals surface area contributed by atoms with Gasteiger partial charge in [0.15, 0.2) is 0 Å². The summed E-state index contributed by atoms with van der Waals surface area (Å²) in [5, 5.41) is 0. The van der Waals surface area contributed by atoms with Crippen molar-refractivity contribution in [3.63, 3.8) is 0 Å². The molecule has 0 radical (unpaired) electrons. The van der Waals surface area contributed by atoms with Crippen LogP contribution in [0.15, 0.2) is 23.1 Å². The molecule has 172 valence electrons. The summed E-state index contributed by atoms with van der Waals surface area (Å²) in [6, 6.07) is 4.64. The van der Waals surface area contributed by atoms with Gasteiger partial charge in [0.25, 0.3) is 0 Å². The van der Waals surface area contributed by atoms with Crippen LogP contribution in [0.2, 0.25) is 0 Å².